The zero-order chi connectivity index (χ0) is 13.8. The number of ether oxygens (including phenoxy) is 1. The van der Waals surface area contributed by atoms with Gasteiger partial charge in [0.15, 0.2) is 0 Å². The number of hydrogen-bond acceptors (Lipinski definition) is 1. The molecule has 0 bridgehead atoms. The van der Waals surface area contributed by atoms with Crippen molar-refractivity contribution in [1.29, 1.82) is 0 Å². The number of para-hydroxylation sites is 1. The summed E-state index contributed by atoms with van der Waals surface area (Å²) in [4.78, 5) is 0. The molecule has 0 aliphatic rings. The van der Waals surface area contributed by atoms with Crippen LogP contribution in [0.1, 0.15) is 22.3 Å². The van der Waals surface area contributed by atoms with Crippen LogP contribution in [0, 0.1) is 13.8 Å². The molecule has 1 nitrogen and oxygen atoms in total. The SMILES string of the molecule is Cc1cccc(C)c1COc1c(Cl)cccc1CCl. The van der Waals surface area contributed by atoms with Crippen molar-refractivity contribution < 1.29 is 4.74 Å². The molecule has 0 radical (unpaired) electrons. The average Bonchev–Trinajstić information content (AvgIpc) is 2.39. The second-order valence-electron chi connectivity index (χ2n) is 4.52. The Hall–Kier alpha value is -1.18. The van der Waals surface area contributed by atoms with Crippen molar-refractivity contribution in [3.8, 4) is 5.75 Å². The fraction of sp³-hybridized carbons (Fsp3) is 0.250. The molecule has 0 spiro atoms. The molecule has 0 aromatic heterocycles. The van der Waals surface area contributed by atoms with E-state index >= 15 is 0 Å². The lowest BCUT2D eigenvalue weighted by Crippen LogP contribution is -2.02. The van der Waals surface area contributed by atoms with Crippen molar-refractivity contribution in [2.24, 2.45) is 0 Å². The molecule has 0 amide bonds. The van der Waals surface area contributed by atoms with Gasteiger partial charge in [0, 0.05) is 5.56 Å². The Morgan fingerprint density at radius 3 is 2.26 bits per heavy atom. The predicted octanol–water partition coefficient (Wildman–Crippen LogP) is 5.27. The Morgan fingerprint density at radius 1 is 1.00 bits per heavy atom. The summed E-state index contributed by atoms with van der Waals surface area (Å²) in [6.45, 7) is 4.67. The van der Waals surface area contributed by atoms with Crippen molar-refractivity contribution in [2.75, 3.05) is 0 Å². The van der Waals surface area contributed by atoms with Crippen LogP contribution in [0.4, 0.5) is 0 Å². The molecule has 2 aromatic carbocycles. The summed E-state index contributed by atoms with van der Waals surface area (Å²) in [5.74, 6) is 1.07. The standard InChI is InChI=1S/C16H16Cl2O/c1-11-5-3-6-12(2)14(11)10-19-16-13(9-17)7-4-8-15(16)18/h3-8H,9-10H2,1-2H3. The zero-order valence-electron chi connectivity index (χ0n) is 11.0. The summed E-state index contributed by atoms with van der Waals surface area (Å²) in [6.07, 6.45) is 0. The van der Waals surface area contributed by atoms with Gasteiger partial charge in [-0.2, -0.15) is 0 Å². The van der Waals surface area contributed by atoms with Gasteiger partial charge in [-0.1, -0.05) is 41.9 Å². The van der Waals surface area contributed by atoms with Gasteiger partial charge in [-0.25, -0.2) is 0 Å². The highest BCUT2D eigenvalue weighted by Crippen LogP contribution is 2.31. The molecule has 0 unspecified atom stereocenters. The van der Waals surface area contributed by atoms with Crippen LogP contribution in [-0.4, -0.2) is 0 Å². The highest BCUT2D eigenvalue weighted by molar-refractivity contribution is 6.32. The van der Waals surface area contributed by atoms with Crippen molar-refractivity contribution in [3.63, 3.8) is 0 Å². The quantitative estimate of drug-likeness (QED) is 0.698. The number of hydrogen-bond donors (Lipinski definition) is 0. The molecule has 0 fully saturated rings. The van der Waals surface area contributed by atoms with E-state index in [1.54, 1.807) is 0 Å². The van der Waals surface area contributed by atoms with Crippen molar-refractivity contribution in [2.45, 2.75) is 26.3 Å². The van der Waals surface area contributed by atoms with E-state index in [1.165, 1.54) is 16.7 Å². The van der Waals surface area contributed by atoms with E-state index < -0.39 is 0 Å². The first-order valence-electron chi connectivity index (χ1n) is 6.14. The molecule has 0 aliphatic carbocycles. The maximum absolute atomic E-state index is 6.17. The molecule has 2 aromatic rings. The number of rotatable bonds is 4. The predicted molar refractivity (Wildman–Crippen MR) is 81.3 cm³/mol. The molecule has 0 heterocycles. The van der Waals surface area contributed by atoms with Gasteiger partial charge in [-0.15, -0.1) is 11.6 Å². The number of benzene rings is 2. The summed E-state index contributed by atoms with van der Waals surface area (Å²) in [5.41, 5.74) is 4.56. The van der Waals surface area contributed by atoms with E-state index in [9.17, 15) is 0 Å². The first-order valence-corrected chi connectivity index (χ1v) is 7.06. The Morgan fingerprint density at radius 2 is 1.63 bits per heavy atom. The molecular weight excluding hydrogens is 279 g/mol. The van der Waals surface area contributed by atoms with E-state index in [2.05, 4.69) is 26.0 Å². The molecule has 0 aliphatic heterocycles. The van der Waals surface area contributed by atoms with Crippen LogP contribution in [0.5, 0.6) is 5.75 Å². The van der Waals surface area contributed by atoms with E-state index in [1.807, 2.05) is 24.3 Å². The highest BCUT2D eigenvalue weighted by Gasteiger charge is 2.09. The number of aryl methyl sites for hydroxylation is 2. The lowest BCUT2D eigenvalue weighted by molar-refractivity contribution is 0.302. The Labute approximate surface area is 124 Å². The van der Waals surface area contributed by atoms with Crippen LogP contribution in [0.2, 0.25) is 5.02 Å². The van der Waals surface area contributed by atoms with Gasteiger partial charge in [-0.05, 0) is 36.6 Å². The van der Waals surface area contributed by atoms with Crippen LogP contribution in [-0.2, 0) is 12.5 Å². The van der Waals surface area contributed by atoms with Crippen molar-refractivity contribution in [1.82, 2.24) is 0 Å². The molecular formula is C16H16Cl2O. The van der Waals surface area contributed by atoms with Crippen LogP contribution in [0.3, 0.4) is 0 Å². The van der Waals surface area contributed by atoms with Gasteiger partial charge >= 0.3 is 0 Å². The van der Waals surface area contributed by atoms with Gasteiger partial charge in [0.1, 0.15) is 12.4 Å². The minimum Gasteiger partial charge on any atom is -0.487 e. The van der Waals surface area contributed by atoms with Gasteiger partial charge in [0.2, 0.25) is 0 Å². The van der Waals surface area contributed by atoms with Crippen LogP contribution < -0.4 is 4.74 Å². The number of alkyl halides is 1. The molecule has 0 atom stereocenters. The lowest BCUT2D eigenvalue weighted by atomic mass is 10.0. The fourth-order valence-electron chi connectivity index (χ4n) is 2.04. The van der Waals surface area contributed by atoms with Crippen LogP contribution in [0.15, 0.2) is 36.4 Å². The van der Waals surface area contributed by atoms with Crippen molar-refractivity contribution in [3.05, 3.63) is 63.7 Å². The smallest absolute Gasteiger partial charge is 0.142 e. The molecule has 0 saturated carbocycles. The monoisotopic (exact) mass is 294 g/mol. The Bertz CT molecular complexity index is 559. The minimum atomic E-state index is 0.392. The second-order valence-corrected chi connectivity index (χ2v) is 5.20. The first kappa shape index (κ1) is 14.2. The lowest BCUT2D eigenvalue weighted by Gasteiger charge is -2.14. The second kappa shape index (κ2) is 6.31. The minimum absolute atomic E-state index is 0.392. The molecule has 100 valence electrons. The highest BCUT2D eigenvalue weighted by atomic mass is 35.5. The molecule has 2 rings (SSSR count). The van der Waals surface area contributed by atoms with Gasteiger partial charge in [0.05, 0.1) is 10.9 Å². The Balaban J connectivity index is 2.24. The van der Waals surface area contributed by atoms with Gasteiger partial charge in [0.25, 0.3) is 0 Å². The third-order valence-electron chi connectivity index (χ3n) is 3.20. The van der Waals surface area contributed by atoms with Gasteiger partial charge in [-0.3, -0.25) is 0 Å². The maximum Gasteiger partial charge on any atom is 0.142 e. The number of halogens is 2. The Kier molecular flexibility index (Phi) is 4.73. The summed E-state index contributed by atoms with van der Waals surface area (Å²) in [5, 5.41) is 0.601. The maximum atomic E-state index is 6.17. The van der Waals surface area contributed by atoms with E-state index in [0.29, 0.717) is 23.3 Å². The first-order chi connectivity index (χ1) is 9.13. The molecule has 0 N–H and O–H groups in total. The van der Waals surface area contributed by atoms with Gasteiger partial charge < -0.3 is 4.74 Å². The largest absolute Gasteiger partial charge is 0.487 e. The summed E-state index contributed by atoms with van der Waals surface area (Å²) < 4.78 is 5.89. The van der Waals surface area contributed by atoms with E-state index in [4.69, 9.17) is 27.9 Å². The zero-order valence-corrected chi connectivity index (χ0v) is 12.6. The molecule has 3 heteroatoms. The third kappa shape index (κ3) is 3.23. The van der Waals surface area contributed by atoms with E-state index in [0.717, 1.165) is 5.56 Å². The molecule has 19 heavy (non-hydrogen) atoms. The summed E-state index contributed by atoms with van der Waals surface area (Å²) in [6, 6.07) is 11.8. The average molecular weight is 295 g/mol. The topological polar surface area (TPSA) is 9.23 Å². The third-order valence-corrected chi connectivity index (χ3v) is 3.78. The summed E-state index contributed by atoms with van der Waals surface area (Å²) >= 11 is 12.1. The fourth-order valence-corrected chi connectivity index (χ4v) is 2.50. The summed E-state index contributed by atoms with van der Waals surface area (Å²) in [7, 11) is 0. The van der Waals surface area contributed by atoms with E-state index in [-0.39, 0.29) is 0 Å². The van der Waals surface area contributed by atoms with Crippen molar-refractivity contribution >= 4 is 23.2 Å². The molecule has 0 saturated heterocycles. The normalized spacial score (nSPS) is 10.5. The van der Waals surface area contributed by atoms with Crippen LogP contribution in [0.25, 0.3) is 0 Å². The van der Waals surface area contributed by atoms with Crippen LogP contribution >= 0.6 is 23.2 Å².